The van der Waals surface area contributed by atoms with Gasteiger partial charge in [0.2, 0.25) is 0 Å². The largest absolute Gasteiger partial charge is 0.494 e. The number of ether oxygens (including phenoxy) is 4. The predicted octanol–water partition coefficient (Wildman–Crippen LogP) is 12.7. The molecule has 0 aromatic heterocycles. The molecule has 0 radical (unpaired) electrons. The summed E-state index contributed by atoms with van der Waals surface area (Å²) in [5.74, 6) is 3.62. The average molecular weight is 693 g/mol. The third-order valence-electron chi connectivity index (χ3n) is 9.26. The molecule has 0 aliphatic heterocycles. The standard InChI is InChI=1S/C47H64O4/c1-44(2,3)36-26-37(45(4,5)6)29-42(28-36)50-32-34-16-20-40(21-17-34)48-24-14-13-15-25-49-41-22-18-35(19-23-41)33-51-43-30-38(46(7,8)9)27-39(31-43)47(10,11)12/h16-23,26-31H,13-15,24-25,32-33H2,1-12H3. The van der Waals surface area contributed by atoms with Crippen molar-refractivity contribution in [3.8, 4) is 23.0 Å². The summed E-state index contributed by atoms with van der Waals surface area (Å²) in [7, 11) is 0. The lowest BCUT2D eigenvalue weighted by Gasteiger charge is -2.26. The Labute approximate surface area is 309 Å². The minimum atomic E-state index is 0.0615. The summed E-state index contributed by atoms with van der Waals surface area (Å²) in [6, 6.07) is 29.9. The van der Waals surface area contributed by atoms with Gasteiger partial charge in [-0.25, -0.2) is 0 Å². The number of hydrogen-bond acceptors (Lipinski definition) is 4. The van der Waals surface area contributed by atoms with E-state index in [0.717, 1.165) is 53.4 Å². The van der Waals surface area contributed by atoms with Crippen LogP contribution in [0, 0.1) is 0 Å². The molecule has 0 bridgehead atoms. The molecule has 51 heavy (non-hydrogen) atoms. The number of rotatable bonds is 14. The summed E-state index contributed by atoms with van der Waals surface area (Å²) in [6.45, 7) is 29.4. The van der Waals surface area contributed by atoms with Crippen molar-refractivity contribution in [1.82, 2.24) is 0 Å². The molecule has 0 N–H and O–H groups in total. The van der Waals surface area contributed by atoms with Gasteiger partial charge >= 0.3 is 0 Å². The van der Waals surface area contributed by atoms with Crippen LogP contribution in [0.1, 0.15) is 136 Å². The first kappa shape index (κ1) is 39.9. The molecular formula is C47H64O4. The monoisotopic (exact) mass is 692 g/mol. The van der Waals surface area contributed by atoms with Gasteiger partial charge in [-0.2, -0.15) is 0 Å². The van der Waals surface area contributed by atoms with Crippen LogP contribution in [-0.2, 0) is 34.9 Å². The maximum Gasteiger partial charge on any atom is 0.120 e. The molecule has 0 unspecified atom stereocenters. The van der Waals surface area contributed by atoms with E-state index in [-0.39, 0.29) is 21.7 Å². The molecule has 4 rings (SSSR count). The van der Waals surface area contributed by atoms with E-state index in [1.54, 1.807) is 0 Å². The maximum absolute atomic E-state index is 6.27. The highest BCUT2D eigenvalue weighted by Gasteiger charge is 2.22. The quantitative estimate of drug-likeness (QED) is 0.123. The summed E-state index contributed by atoms with van der Waals surface area (Å²) in [6.07, 6.45) is 3.02. The first-order chi connectivity index (χ1) is 23.8. The van der Waals surface area contributed by atoms with Crippen LogP contribution in [0.3, 0.4) is 0 Å². The molecule has 0 heterocycles. The molecule has 4 heteroatoms. The Hall–Kier alpha value is -3.92. The zero-order chi connectivity index (χ0) is 37.5. The van der Waals surface area contributed by atoms with Gasteiger partial charge in [-0.05, 0) is 123 Å². The van der Waals surface area contributed by atoms with Crippen LogP contribution in [0.25, 0.3) is 0 Å². The molecular weight excluding hydrogens is 629 g/mol. The minimum absolute atomic E-state index is 0.0615. The molecule has 0 aliphatic carbocycles. The number of benzene rings is 4. The lowest BCUT2D eigenvalue weighted by Crippen LogP contribution is -2.16. The summed E-state index contributed by atoms with van der Waals surface area (Å²) in [5.41, 5.74) is 7.68. The van der Waals surface area contributed by atoms with E-state index in [0.29, 0.717) is 26.4 Å². The van der Waals surface area contributed by atoms with Crippen LogP contribution in [0.5, 0.6) is 23.0 Å². The second-order valence-corrected chi connectivity index (χ2v) is 18.1. The van der Waals surface area contributed by atoms with Gasteiger partial charge in [0.1, 0.15) is 36.2 Å². The SMILES string of the molecule is CC(C)(C)c1cc(OCc2ccc(OCCCCCOc3ccc(COc4cc(C(C)(C)C)cc(C(C)(C)C)c4)cc3)cc2)cc(C(C)(C)C)c1. The molecule has 0 saturated heterocycles. The van der Waals surface area contributed by atoms with Crippen molar-refractivity contribution in [3.63, 3.8) is 0 Å². The molecule has 0 amide bonds. The van der Waals surface area contributed by atoms with Crippen molar-refractivity contribution in [2.75, 3.05) is 13.2 Å². The highest BCUT2D eigenvalue weighted by atomic mass is 16.5. The van der Waals surface area contributed by atoms with Gasteiger partial charge in [0, 0.05) is 0 Å². The second kappa shape index (κ2) is 16.6. The van der Waals surface area contributed by atoms with Crippen molar-refractivity contribution >= 4 is 0 Å². The molecule has 0 fully saturated rings. The van der Waals surface area contributed by atoms with Crippen LogP contribution in [0.4, 0.5) is 0 Å². The first-order valence-corrected chi connectivity index (χ1v) is 18.8. The fourth-order valence-corrected chi connectivity index (χ4v) is 5.55. The van der Waals surface area contributed by atoms with E-state index in [1.807, 2.05) is 24.3 Å². The van der Waals surface area contributed by atoms with Gasteiger partial charge in [-0.3, -0.25) is 0 Å². The van der Waals surface area contributed by atoms with E-state index in [4.69, 9.17) is 18.9 Å². The Kier molecular flexibility index (Phi) is 13.0. The summed E-state index contributed by atoms with van der Waals surface area (Å²) in [5, 5.41) is 0. The third kappa shape index (κ3) is 12.7. The van der Waals surface area contributed by atoms with E-state index in [1.165, 1.54) is 22.3 Å². The van der Waals surface area contributed by atoms with E-state index in [9.17, 15) is 0 Å². The second-order valence-electron chi connectivity index (χ2n) is 18.1. The third-order valence-corrected chi connectivity index (χ3v) is 9.26. The Morgan fingerprint density at radius 2 is 0.627 bits per heavy atom. The normalized spacial score (nSPS) is 12.5. The highest BCUT2D eigenvalue weighted by Crippen LogP contribution is 2.35. The number of unbranched alkanes of at least 4 members (excludes halogenated alkanes) is 2. The molecule has 4 nitrogen and oxygen atoms in total. The Morgan fingerprint density at radius 1 is 0.333 bits per heavy atom. The van der Waals surface area contributed by atoms with Gasteiger partial charge in [0.05, 0.1) is 13.2 Å². The molecule has 4 aromatic rings. The van der Waals surface area contributed by atoms with Gasteiger partial charge in [-0.15, -0.1) is 0 Å². The van der Waals surface area contributed by atoms with Gasteiger partial charge in [0.25, 0.3) is 0 Å². The average Bonchev–Trinajstić information content (AvgIpc) is 3.05. The zero-order valence-electron chi connectivity index (χ0n) is 33.7. The van der Waals surface area contributed by atoms with Gasteiger partial charge < -0.3 is 18.9 Å². The lowest BCUT2D eigenvalue weighted by atomic mass is 9.80. The van der Waals surface area contributed by atoms with Gasteiger partial charge in [-0.1, -0.05) is 119 Å². The van der Waals surface area contributed by atoms with Crippen molar-refractivity contribution in [2.45, 2.75) is 137 Å². The first-order valence-electron chi connectivity index (χ1n) is 18.8. The molecule has 276 valence electrons. The summed E-state index contributed by atoms with van der Waals surface area (Å²) in [4.78, 5) is 0. The molecule has 0 saturated carbocycles. The lowest BCUT2D eigenvalue weighted by molar-refractivity contribution is 0.278. The maximum atomic E-state index is 6.27. The van der Waals surface area contributed by atoms with Crippen LogP contribution in [-0.4, -0.2) is 13.2 Å². The summed E-state index contributed by atoms with van der Waals surface area (Å²) >= 11 is 0. The van der Waals surface area contributed by atoms with Crippen molar-refractivity contribution in [1.29, 1.82) is 0 Å². The summed E-state index contributed by atoms with van der Waals surface area (Å²) < 4.78 is 24.6. The fourth-order valence-electron chi connectivity index (χ4n) is 5.55. The highest BCUT2D eigenvalue weighted by molar-refractivity contribution is 5.42. The topological polar surface area (TPSA) is 36.9 Å². The van der Waals surface area contributed by atoms with Crippen LogP contribution in [0.2, 0.25) is 0 Å². The predicted molar refractivity (Wildman–Crippen MR) is 214 cm³/mol. The molecule has 0 atom stereocenters. The molecule has 0 spiro atoms. The van der Waals surface area contributed by atoms with E-state index >= 15 is 0 Å². The minimum Gasteiger partial charge on any atom is -0.494 e. The van der Waals surface area contributed by atoms with E-state index in [2.05, 4.69) is 144 Å². The molecule has 0 aliphatic rings. The van der Waals surface area contributed by atoms with Gasteiger partial charge in [0.15, 0.2) is 0 Å². The Balaban J connectivity index is 1.14. The van der Waals surface area contributed by atoms with Crippen LogP contribution >= 0.6 is 0 Å². The fraction of sp³-hybridized carbons (Fsp3) is 0.489. The Morgan fingerprint density at radius 3 is 0.902 bits per heavy atom. The van der Waals surface area contributed by atoms with Crippen molar-refractivity contribution in [2.24, 2.45) is 0 Å². The van der Waals surface area contributed by atoms with Crippen molar-refractivity contribution in [3.05, 3.63) is 118 Å². The van der Waals surface area contributed by atoms with Crippen molar-refractivity contribution < 1.29 is 18.9 Å². The van der Waals surface area contributed by atoms with E-state index < -0.39 is 0 Å². The Bertz CT molecular complexity index is 1480. The zero-order valence-corrected chi connectivity index (χ0v) is 33.7. The van der Waals surface area contributed by atoms with Crippen LogP contribution < -0.4 is 18.9 Å². The number of hydrogen-bond donors (Lipinski definition) is 0. The smallest absolute Gasteiger partial charge is 0.120 e. The molecule has 4 aromatic carbocycles. The van der Waals surface area contributed by atoms with Crippen LogP contribution in [0.15, 0.2) is 84.9 Å².